The average Bonchev–Trinajstić information content (AvgIpc) is 2.82. The van der Waals surface area contributed by atoms with Crippen LogP contribution in [-0.4, -0.2) is 43.3 Å². The minimum absolute atomic E-state index is 0.0132. The number of hydrogen-bond donors (Lipinski definition) is 3. The fraction of sp³-hybridized carbons (Fsp3) is 0.136. The largest absolute Gasteiger partial charge is 0.488 e. The van der Waals surface area contributed by atoms with E-state index < -0.39 is 25.0 Å². The topological polar surface area (TPSA) is 146 Å². The van der Waals surface area contributed by atoms with Crippen molar-refractivity contribution in [2.24, 2.45) is 5.73 Å². The van der Waals surface area contributed by atoms with Crippen LogP contribution in [0.15, 0.2) is 77.3 Å². The predicted molar refractivity (Wildman–Crippen MR) is 116 cm³/mol. The van der Waals surface area contributed by atoms with Gasteiger partial charge in [-0.2, -0.15) is 5.26 Å². The zero-order chi connectivity index (χ0) is 23.4. The number of carbonyl (C=O) groups is 2. The van der Waals surface area contributed by atoms with Crippen LogP contribution in [0.1, 0.15) is 11.5 Å². The van der Waals surface area contributed by atoms with Crippen LogP contribution in [-0.2, 0) is 19.1 Å². The number of ether oxygens (including phenoxy) is 2. The number of esters is 2. The van der Waals surface area contributed by atoms with Crippen LogP contribution in [0.5, 0.6) is 0 Å². The fourth-order valence-electron chi connectivity index (χ4n) is 3.61. The summed E-state index contributed by atoms with van der Waals surface area (Å²) in [5.41, 5.74) is 6.89. The molecule has 0 aliphatic carbocycles. The Morgan fingerprint density at radius 1 is 1.06 bits per heavy atom. The SMILES string of the molecule is COC(=O)C1=C(C(=O)OC)N(c2cccc(B(O)O)c2)C(N)=C(C#N)C1c1ccccc1. The Labute approximate surface area is 184 Å². The molecule has 0 radical (unpaired) electrons. The molecule has 1 unspecified atom stereocenters. The number of allylic oxidation sites excluding steroid dienone is 1. The van der Waals surface area contributed by atoms with Crippen LogP contribution >= 0.6 is 0 Å². The Morgan fingerprint density at radius 2 is 1.72 bits per heavy atom. The van der Waals surface area contributed by atoms with E-state index in [1.54, 1.807) is 30.3 Å². The zero-order valence-electron chi connectivity index (χ0n) is 17.4. The average molecular weight is 433 g/mol. The van der Waals surface area contributed by atoms with Gasteiger partial charge in [-0.15, -0.1) is 0 Å². The minimum Gasteiger partial charge on any atom is -0.466 e. The summed E-state index contributed by atoms with van der Waals surface area (Å²) in [5, 5.41) is 29.1. The van der Waals surface area contributed by atoms with E-state index in [-0.39, 0.29) is 33.8 Å². The van der Waals surface area contributed by atoms with Crippen molar-refractivity contribution in [2.45, 2.75) is 5.92 Å². The molecule has 9 nitrogen and oxygen atoms in total. The summed E-state index contributed by atoms with van der Waals surface area (Å²) in [6.07, 6.45) is 0. The Kier molecular flexibility index (Phi) is 6.63. The van der Waals surface area contributed by atoms with Gasteiger partial charge in [0.2, 0.25) is 0 Å². The minimum atomic E-state index is -1.79. The van der Waals surface area contributed by atoms with E-state index in [2.05, 4.69) is 0 Å². The summed E-state index contributed by atoms with van der Waals surface area (Å²) in [4.78, 5) is 27.0. The Morgan fingerprint density at radius 3 is 2.28 bits per heavy atom. The second kappa shape index (κ2) is 9.39. The molecule has 0 saturated heterocycles. The second-order valence-corrected chi connectivity index (χ2v) is 6.80. The van der Waals surface area contributed by atoms with Crippen molar-refractivity contribution >= 4 is 30.2 Å². The van der Waals surface area contributed by atoms with E-state index in [9.17, 15) is 24.9 Å². The van der Waals surface area contributed by atoms with E-state index in [0.717, 1.165) is 14.2 Å². The molecule has 1 atom stereocenters. The third-order valence-corrected chi connectivity index (χ3v) is 5.04. The monoisotopic (exact) mass is 433 g/mol. The van der Waals surface area contributed by atoms with Gasteiger partial charge in [-0.25, -0.2) is 9.59 Å². The van der Waals surface area contributed by atoms with Crippen LogP contribution in [0.4, 0.5) is 5.69 Å². The van der Waals surface area contributed by atoms with Crippen molar-refractivity contribution in [1.82, 2.24) is 0 Å². The van der Waals surface area contributed by atoms with E-state index in [0.29, 0.717) is 5.56 Å². The van der Waals surface area contributed by atoms with Gasteiger partial charge in [-0.1, -0.05) is 42.5 Å². The van der Waals surface area contributed by atoms with Gasteiger partial charge in [0.15, 0.2) is 0 Å². The molecule has 0 fully saturated rings. The molecule has 1 heterocycles. The summed E-state index contributed by atoms with van der Waals surface area (Å²) < 4.78 is 9.90. The number of benzene rings is 2. The van der Waals surface area contributed by atoms with Crippen LogP contribution in [0, 0.1) is 11.3 Å². The van der Waals surface area contributed by atoms with Crippen molar-refractivity contribution < 1.29 is 29.1 Å². The lowest BCUT2D eigenvalue weighted by Crippen LogP contribution is -2.41. The molecule has 3 rings (SSSR count). The van der Waals surface area contributed by atoms with Crippen molar-refractivity contribution in [3.8, 4) is 6.07 Å². The number of hydrogen-bond acceptors (Lipinski definition) is 9. The molecule has 0 amide bonds. The van der Waals surface area contributed by atoms with E-state index >= 15 is 0 Å². The van der Waals surface area contributed by atoms with Gasteiger partial charge in [0.1, 0.15) is 11.5 Å². The smallest absolute Gasteiger partial charge is 0.466 e. The molecule has 2 aromatic rings. The number of nitriles is 1. The second-order valence-electron chi connectivity index (χ2n) is 6.80. The first-order valence-electron chi connectivity index (χ1n) is 9.47. The lowest BCUT2D eigenvalue weighted by molar-refractivity contribution is -0.139. The summed E-state index contributed by atoms with van der Waals surface area (Å²) in [6, 6.07) is 16.5. The standard InChI is InChI=1S/C22H20BN3O6/c1-31-21(27)18-17(13-7-4-3-5-8-13)16(12-24)20(25)26(19(18)22(28)32-2)15-10-6-9-14(11-15)23(29)30/h3-11,17,29-30H,25H2,1-2H3. The first kappa shape index (κ1) is 22.6. The highest BCUT2D eigenvalue weighted by Crippen LogP contribution is 2.42. The lowest BCUT2D eigenvalue weighted by Gasteiger charge is -2.36. The maximum absolute atomic E-state index is 12.9. The van der Waals surface area contributed by atoms with Crippen LogP contribution < -0.4 is 16.1 Å². The van der Waals surface area contributed by atoms with Gasteiger partial charge in [-0.05, 0) is 23.2 Å². The quantitative estimate of drug-likeness (QED) is 0.447. The molecule has 0 saturated carbocycles. The molecule has 10 heteroatoms. The van der Waals surface area contributed by atoms with Crippen molar-refractivity contribution in [2.75, 3.05) is 19.1 Å². The zero-order valence-corrected chi connectivity index (χ0v) is 17.4. The normalized spacial score (nSPS) is 15.8. The van der Waals surface area contributed by atoms with Gasteiger partial charge in [0.25, 0.3) is 0 Å². The van der Waals surface area contributed by atoms with Gasteiger partial charge in [-0.3, -0.25) is 4.90 Å². The van der Waals surface area contributed by atoms with Crippen LogP contribution in [0.2, 0.25) is 0 Å². The maximum Gasteiger partial charge on any atom is 0.488 e. The number of nitrogens with zero attached hydrogens (tertiary/aromatic N) is 2. The molecule has 2 aromatic carbocycles. The summed E-state index contributed by atoms with van der Waals surface area (Å²) in [5.74, 6) is -2.83. The molecular formula is C22H20BN3O6. The van der Waals surface area contributed by atoms with Gasteiger partial charge in [0, 0.05) is 5.69 Å². The summed E-state index contributed by atoms with van der Waals surface area (Å²) >= 11 is 0. The van der Waals surface area contributed by atoms with Crippen molar-refractivity contribution in [3.05, 3.63) is 82.8 Å². The van der Waals surface area contributed by atoms with Crippen LogP contribution in [0.25, 0.3) is 0 Å². The Hall–Kier alpha value is -4.07. The summed E-state index contributed by atoms with van der Waals surface area (Å²) in [6.45, 7) is 0. The highest BCUT2D eigenvalue weighted by Gasteiger charge is 2.43. The number of rotatable bonds is 5. The Bertz CT molecular complexity index is 1150. The molecule has 0 bridgehead atoms. The van der Waals surface area contributed by atoms with Gasteiger partial charge >= 0.3 is 19.1 Å². The molecule has 162 valence electrons. The molecule has 32 heavy (non-hydrogen) atoms. The molecule has 1 aliphatic heterocycles. The lowest BCUT2D eigenvalue weighted by atomic mass is 9.79. The fourth-order valence-corrected chi connectivity index (χ4v) is 3.61. The highest BCUT2D eigenvalue weighted by molar-refractivity contribution is 6.58. The molecular weight excluding hydrogens is 413 g/mol. The van der Waals surface area contributed by atoms with E-state index in [4.69, 9.17) is 15.2 Å². The van der Waals surface area contributed by atoms with Gasteiger partial charge in [0.05, 0.1) is 37.4 Å². The van der Waals surface area contributed by atoms with E-state index in [1.165, 1.54) is 29.2 Å². The summed E-state index contributed by atoms with van der Waals surface area (Å²) in [7, 11) is 0.517. The van der Waals surface area contributed by atoms with Crippen molar-refractivity contribution in [1.29, 1.82) is 5.26 Å². The maximum atomic E-state index is 12.9. The Balaban J connectivity index is 2.40. The third kappa shape index (κ3) is 3.94. The first-order chi connectivity index (χ1) is 15.3. The van der Waals surface area contributed by atoms with E-state index in [1.807, 2.05) is 6.07 Å². The molecule has 1 aliphatic rings. The molecule has 0 spiro atoms. The number of methoxy groups -OCH3 is 2. The van der Waals surface area contributed by atoms with Crippen molar-refractivity contribution in [3.63, 3.8) is 0 Å². The number of nitrogens with two attached hydrogens (primary N) is 1. The molecule has 0 aromatic heterocycles. The molecule has 4 N–H and O–H groups in total. The third-order valence-electron chi connectivity index (χ3n) is 5.04. The van der Waals surface area contributed by atoms with Crippen LogP contribution in [0.3, 0.4) is 0 Å². The first-order valence-corrected chi connectivity index (χ1v) is 9.47. The number of anilines is 1. The van der Waals surface area contributed by atoms with Gasteiger partial charge < -0.3 is 25.3 Å². The predicted octanol–water partition coefficient (Wildman–Crippen LogP) is 0.264. The highest BCUT2D eigenvalue weighted by atomic mass is 16.5. The number of carbonyl (C=O) groups excluding carboxylic acids is 2.